The normalized spacial score (nSPS) is 10.8. The molecule has 0 fully saturated rings. The second kappa shape index (κ2) is 12.6. The van der Waals surface area contributed by atoms with Crippen LogP contribution in [0.2, 0.25) is 0 Å². The number of nitrogens with one attached hydrogen (secondary N) is 1. The van der Waals surface area contributed by atoms with Crippen molar-refractivity contribution in [3.05, 3.63) is 89.0 Å². The van der Waals surface area contributed by atoms with Crippen molar-refractivity contribution < 1.29 is 19.0 Å². The van der Waals surface area contributed by atoms with E-state index in [-0.39, 0.29) is 18.3 Å². The number of benzene rings is 3. The van der Waals surface area contributed by atoms with E-state index in [1.807, 2.05) is 39.0 Å². The first kappa shape index (κ1) is 25.9. The Labute approximate surface area is 211 Å². The van der Waals surface area contributed by atoms with Crippen LogP contribution in [0.25, 0.3) is 6.08 Å². The summed E-state index contributed by atoms with van der Waals surface area (Å²) in [6.45, 7) is 6.28. The van der Waals surface area contributed by atoms with E-state index in [0.29, 0.717) is 40.7 Å². The summed E-state index contributed by atoms with van der Waals surface area (Å²) >= 11 is 0. The van der Waals surface area contributed by atoms with Gasteiger partial charge in [0.1, 0.15) is 24.0 Å². The van der Waals surface area contributed by atoms with Gasteiger partial charge in [-0.15, -0.1) is 0 Å². The first-order valence-corrected chi connectivity index (χ1v) is 11.5. The SMILES string of the molecule is CCOc1cc(/C=C(/C#N)C(=O)Nc2cccc(OC(C)C)c2)ccc1OCc1ccccc1C#N. The van der Waals surface area contributed by atoms with E-state index in [9.17, 15) is 15.3 Å². The van der Waals surface area contributed by atoms with Crippen LogP contribution < -0.4 is 19.5 Å². The van der Waals surface area contributed by atoms with Gasteiger partial charge in [-0.05, 0) is 62.7 Å². The molecular formula is C29H27N3O4. The minimum Gasteiger partial charge on any atom is -0.491 e. The van der Waals surface area contributed by atoms with Crippen LogP contribution in [0.5, 0.6) is 17.2 Å². The molecule has 0 unspecified atom stereocenters. The van der Waals surface area contributed by atoms with E-state index in [1.165, 1.54) is 6.08 Å². The maximum atomic E-state index is 12.8. The third-order valence-corrected chi connectivity index (χ3v) is 4.93. The van der Waals surface area contributed by atoms with E-state index in [1.54, 1.807) is 54.6 Å². The number of hydrogen-bond donors (Lipinski definition) is 1. The van der Waals surface area contributed by atoms with Crippen LogP contribution >= 0.6 is 0 Å². The molecule has 36 heavy (non-hydrogen) atoms. The van der Waals surface area contributed by atoms with Gasteiger partial charge >= 0.3 is 0 Å². The van der Waals surface area contributed by atoms with E-state index < -0.39 is 5.91 Å². The molecular weight excluding hydrogens is 454 g/mol. The fourth-order valence-corrected chi connectivity index (χ4v) is 3.35. The topological polar surface area (TPSA) is 104 Å². The summed E-state index contributed by atoms with van der Waals surface area (Å²) in [4.78, 5) is 12.8. The number of nitriles is 2. The summed E-state index contributed by atoms with van der Waals surface area (Å²) in [7, 11) is 0. The molecule has 0 saturated carbocycles. The molecule has 0 bridgehead atoms. The van der Waals surface area contributed by atoms with Crippen molar-refractivity contribution in [1.82, 2.24) is 0 Å². The molecule has 3 aromatic rings. The lowest BCUT2D eigenvalue weighted by Crippen LogP contribution is -2.13. The Balaban J connectivity index is 1.78. The van der Waals surface area contributed by atoms with Gasteiger partial charge in [-0.1, -0.05) is 30.3 Å². The maximum Gasteiger partial charge on any atom is 0.266 e. The lowest BCUT2D eigenvalue weighted by atomic mass is 10.1. The molecule has 0 aromatic heterocycles. The van der Waals surface area contributed by atoms with Gasteiger partial charge in [-0.2, -0.15) is 10.5 Å². The van der Waals surface area contributed by atoms with Crippen LogP contribution in [0.1, 0.15) is 37.5 Å². The molecule has 0 radical (unpaired) electrons. The molecule has 1 N–H and O–H groups in total. The van der Waals surface area contributed by atoms with Crippen molar-refractivity contribution in [3.63, 3.8) is 0 Å². The number of nitrogens with zero attached hydrogens (tertiary/aromatic N) is 2. The highest BCUT2D eigenvalue weighted by Gasteiger charge is 2.13. The summed E-state index contributed by atoms with van der Waals surface area (Å²) in [6, 6.07) is 23.5. The Morgan fingerprint density at radius 2 is 1.81 bits per heavy atom. The molecule has 0 aliphatic carbocycles. The fraction of sp³-hybridized carbons (Fsp3) is 0.207. The Morgan fingerprint density at radius 1 is 1.00 bits per heavy atom. The number of rotatable bonds is 10. The van der Waals surface area contributed by atoms with E-state index >= 15 is 0 Å². The minimum atomic E-state index is -0.536. The van der Waals surface area contributed by atoms with Gasteiger partial charge in [0.15, 0.2) is 11.5 Å². The third kappa shape index (κ3) is 7.12. The second-order valence-electron chi connectivity index (χ2n) is 8.02. The molecule has 3 aromatic carbocycles. The van der Waals surface area contributed by atoms with Crippen molar-refractivity contribution in [2.24, 2.45) is 0 Å². The summed E-state index contributed by atoms with van der Waals surface area (Å²) < 4.78 is 17.3. The molecule has 7 nitrogen and oxygen atoms in total. The van der Waals surface area contributed by atoms with Gasteiger partial charge in [0.25, 0.3) is 5.91 Å². The van der Waals surface area contributed by atoms with Crippen LogP contribution in [0.15, 0.2) is 72.3 Å². The Morgan fingerprint density at radius 3 is 2.53 bits per heavy atom. The van der Waals surface area contributed by atoms with E-state index in [0.717, 1.165) is 5.56 Å². The van der Waals surface area contributed by atoms with Crippen LogP contribution in [0.4, 0.5) is 5.69 Å². The quantitative estimate of drug-likeness (QED) is 0.287. The first-order chi connectivity index (χ1) is 17.4. The van der Waals surface area contributed by atoms with Gasteiger partial charge in [-0.3, -0.25) is 4.79 Å². The largest absolute Gasteiger partial charge is 0.491 e. The van der Waals surface area contributed by atoms with Crippen molar-refractivity contribution in [3.8, 4) is 29.4 Å². The number of ether oxygens (including phenoxy) is 3. The number of amides is 1. The smallest absolute Gasteiger partial charge is 0.266 e. The zero-order valence-electron chi connectivity index (χ0n) is 20.4. The highest BCUT2D eigenvalue weighted by molar-refractivity contribution is 6.09. The lowest BCUT2D eigenvalue weighted by molar-refractivity contribution is -0.112. The Bertz CT molecular complexity index is 1330. The number of anilines is 1. The first-order valence-electron chi connectivity index (χ1n) is 11.5. The summed E-state index contributed by atoms with van der Waals surface area (Å²) in [5.41, 5.74) is 2.37. The molecule has 7 heteroatoms. The Hall–Kier alpha value is -4.75. The fourth-order valence-electron chi connectivity index (χ4n) is 3.35. The van der Waals surface area contributed by atoms with Gasteiger partial charge in [0, 0.05) is 17.3 Å². The third-order valence-electron chi connectivity index (χ3n) is 4.93. The van der Waals surface area contributed by atoms with Gasteiger partial charge in [0.2, 0.25) is 0 Å². The predicted molar refractivity (Wildman–Crippen MR) is 138 cm³/mol. The molecule has 0 spiro atoms. The molecule has 182 valence electrons. The van der Waals surface area contributed by atoms with E-state index in [4.69, 9.17) is 14.2 Å². The molecule has 0 heterocycles. The molecule has 1 amide bonds. The average molecular weight is 482 g/mol. The zero-order chi connectivity index (χ0) is 25.9. The maximum absolute atomic E-state index is 12.8. The monoisotopic (exact) mass is 481 g/mol. The predicted octanol–water partition coefficient (Wildman–Crippen LogP) is 5.87. The average Bonchev–Trinajstić information content (AvgIpc) is 2.87. The van der Waals surface area contributed by atoms with Crippen molar-refractivity contribution >= 4 is 17.7 Å². The highest BCUT2D eigenvalue weighted by Crippen LogP contribution is 2.30. The van der Waals surface area contributed by atoms with Crippen molar-refractivity contribution in [1.29, 1.82) is 10.5 Å². The van der Waals surface area contributed by atoms with Crippen LogP contribution in [-0.2, 0) is 11.4 Å². The van der Waals surface area contributed by atoms with Gasteiger partial charge in [-0.25, -0.2) is 0 Å². The highest BCUT2D eigenvalue weighted by atomic mass is 16.5. The lowest BCUT2D eigenvalue weighted by Gasteiger charge is -2.13. The molecule has 0 aliphatic rings. The molecule has 0 saturated heterocycles. The second-order valence-corrected chi connectivity index (χ2v) is 8.02. The summed E-state index contributed by atoms with van der Waals surface area (Å²) in [5.74, 6) is 1.05. The summed E-state index contributed by atoms with van der Waals surface area (Å²) in [6.07, 6.45) is 1.49. The summed E-state index contributed by atoms with van der Waals surface area (Å²) in [5, 5.41) is 21.6. The van der Waals surface area contributed by atoms with Crippen LogP contribution in [0, 0.1) is 22.7 Å². The number of hydrogen-bond acceptors (Lipinski definition) is 6. The van der Waals surface area contributed by atoms with Crippen molar-refractivity contribution in [2.75, 3.05) is 11.9 Å². The van der Waals surface area contributed by atoms with Gasteiger partial charge < -0.3 is 19.5 Å². The molecule has 3 rings (SSSR count). The molecule has 0 aliphatic heterocycles. The number of carbonyl (C=O) groups is 1. The van der Waals surface area contributed by atoms with Gasteiger partial charge in [0.05, 0.1) is 24.3 Å². The minimum absolute atomic E-state index is 0.00177. The zero-order valence-corrected chi connectivity index (χ0v) is 20.4. The van der Waals surface area contributed by atoms with Crippen LogP contribution in [0.3, 0.4) is 0 Å². The van der Waals surface area contributed by atoms with Crippen molar-refractivity contribution in [2.45, 2.75) is 33.5 Å². The number of carbonyl (C=O) groups excluding carboxylic acids is 1. The van der Waals surface area contributed by atoms with Crippen LogP contribution in [-0.4, -0.2) is 18.6 Å². The Kier molecular flexibility index (Phi) is 9.08. The standard InChI is InChI=1S/C29H27N3O4/c1-4-34-28-15-21(12-13-27(28)35-19-23-9-6-5-8-22(23)17-30)14-24(18-31)29(33)32-25-10-7-11-26(16-25)36-20(2)3/h5-16,20H,4,19H2,1-3H3,(H,32,33)/b24-14-. The molecule has 0 atom stereocenters. The van der Waals surface area contributed by atoms with E-state index in [2.05, 4.69) is 11.4 Å².